The third-order valence-corrected chi connectivity index (χ3v) is 2.77. The average Bonchev–Trinajstić information content (AvgIpc) is 2.60. The molecule has 0 aliphatic heterocycles. The molecule has 2 atom stereocenters. The van der Waals surface area contributed by atoms with Gasteiger partial charge in [-0.1, -0.05) is 6.92 Å². The molecule has 0 amide bonds. The normalized spacial score (nSPS) is 26.3. The Hall–Kier alpha value is -0.830. The maximum absolute atomic E-state index is 4.12. The molecule has 1 aliphatic rings. The summed E-state index contributed by atoms with van der Waals surface area (Å²) in [6, 6.07) is 0. The van der Waals surface area contributed by atoms with Crippen molar-refractivity contribution in [1.29, 1.82) is 0 Å². The molecule has 1 heterocycles. The van der Waals surface area contributed by atoms with Gasteiger partial charge in [0.2, 0.25) is 0 Å². The minimum absolute atomic E-state index is 0.927. The molecule has 2 unspecified atom stereocenters. The van der Waals surface area contributed by atoms with Gasteiger partial charge in [-0.3, -0.25) is 4.68 Å². The smallest absolute Gasteiger partial charge is 0.0534 e. The van der Waals surface area contributed by atoms with Crippen LogP contribution in [0.3, 0.4) is 0 Å². The van der Waals surface area contributed by atoms with E-state index in [4.69, 9.17) is 0 Å². The van der Waals surface area contributed by atoms with Gasteiger partial charge in [0.1, 0.15) is 0 Å². The number of hydrogen-bond donors (Lipinski definition) is 1. The first-order chi connectivity index (χ1) is 6.25. The van der Waals surface area contributed by atoms with Crippen LogP contribution < -0.4 is 5.32 Å². The Bertz CT molecular complexity index is 279. The van der Waals surface area contributed by atoms with Crippen LogP contribution >= 0.6 is 0 Å². The molecular weight excluding hydrogens is 162 g/mol. The van der Waals surface area contributed by atoms with Crippen LogP contribution in [0.4, 0.5) is 0 Å². The first-order valence-electron chi connectivity index (χ1n) is 4.94. The highest BCUT2D eigenvalue weighted by atomic mass is 15.2. The van der Waals surface area contributed by atoms with Gasteiger partial charge in [-0.15, -0.1) is 0 Å². The summed E-state index contributed by atoms with van der Waals surface area (Å²) in [6.07, 6.45) is 5.38. The lowest BCUT2D eigenvalue weighted by atomic mass is 10.3. The zero-order valence-corrected chi connectivity index (χ0v) is 8.33. The van der Waals surface area contributed by atoms with Crippen molar-refractivity contribution < 1.29 is 0 Å². The van der Waals surface area contributed by atoms with Crippen molar-refractivity contribution in [1.82, 2.24) is 15.1 Å². The largest absolute Gasteiger partial charge is 0.312 e. The second-order valence-electron chi connectivity index (χ2n) is 4.13. The standard InChI is InChI=1S/C10H17N3/c1-8-3-10(8)6-11-4-9-5-12-13(2)7-9/h5,7-8,10-11H,3-4,6H2,1-2H3. The number of hydrogen-bond acceptors (Lipinski definition) is 2. The molecular formula is C10H17N3. The summed E-state index contributed by atoms with van der Waals surface area (Å²) in [6.45, 7) is 4.43. The van der Waals surface area contributed by atoms with Crippen LogP contribution in [0.15, 0.2) is 12.4 Å². The van der Waals surface area contributed by atoms with E-state index in [2.05, 4.69) is 23.5 Å². The highest BCUT2D eigenvalue weighted by Gasteiger charge is 2.31. The van der Waals surface area contributed by atoms with Gasteiger partial charge in [0, 0.05) is 25.4 Å². The van der Waals surface area contributed by atoms with Gasteiger partial charge in [-0.25, -0.2) is 0 Å². The molecule has 0 aromatic carbocycles. The lowest BCUT2D eigenvalue weighted by Gasteiger charge is -2.00. The number of rotatable bonds is 4. The van der Waals surface area contributed by atoms with Crippen molar-refractivity contribution >= 4 is 0 Å². The van der Waals surface area contributed by atoms with E-state index in [9.17, 15) is 0 Å². The van der Waals surface area contributed by atoms with Crippen LogP contribution in [0.25, 0.3) is 0 Å². The molecule has 1 N–H and O–H groups in total. The Morgan fingerprint density at radius 1 is 1.69 bits per heavy atom. The van der Waals surface area contributed by atoms with E-state index in [1.807, 2.05) is 17.9 Å². The summed E-state index contributed by atoms with van der Waals surface area (Å²) in [7, 11) is 1.95. The van der Waals surface area contributed by atoms with E-state index >= 15 is 0 Å². The van der Waals surface area contributed by atoms with Gasteiger partial charge in [0.25, 0.3) is 0 Å². The van der Waals surface area contributed by atoms with E-state index in [0.29, 0.717) is 0 Å². The minimum Gasteiger partial charge on any atom is -0.312 e. The van der Waals surface area contributed by atoms with Gasteiger partial charge < -0.3 is 5.32 Å². The fraction of sp³-hybridized carbons (Fsp3) is 0.700. The van der Waals surface area contributed by atoms with E-state index in [1.54, 1.807) is 0 Å². The fourth-order valence-corrected chi connectivity index (χ4v) is 1.65. The van der Waals surface area contributed by atoms with Crippen molar-refractivity contribution in [3.63, 3.8) is 0 Å². The zero-order valence-electron chi connectivity index (χ0n) is 8.33. The summed E-state index contributed by atoms with van der Waals surface area (Å²) in [5.74, 6) is 1.87. The van der Waals surface area contributed by atoms with E-state index in [1.165, 1.54) is 12.0 Å². The van der Waals surface area contributed by atoms with Gasteiger partial charge in [-0.2, -0.15) is 5.10 Å². The second kappa shape index (κ2) is 3.50. The van der Waals surface area contributed by atoms with Crippen molar-refractivity contribution in [3.8, 4) is 0 Å². The van der Waals surface area contributed by atoms with Gasteiger partial charge >= 0.3 is 0 Å². The van der Waals surface area contributed by atoms with Crippen molar-refractivity contribution in [3.05, 3.63) is 18.0 Å². The first kappa shape index (κ1) is 8.75. The molecule has 0 saturated heterocycles. The fourth-order valence-electron chi connectivity index (χ4n) is 1.65. The Balaban J connectivity index is 1.68. The molecule has 1 saturated carbocycles. The van der Waals surface area contributed by atoms with Crippen molar-refractivity contribution in [2.45, 2.75) is 19.9 Å². The van der Waals surface area contributed by atoms with Gasteiger partial charge in [0.05, 0.1) is 6.20 Å². The highest BCUT2D eigenvalue weighted by molar-refractivity contribution is 5.03. The van der Waals surface area contributed by atoms with Crippen LogP contribution in [0, 0.1) is 11.8 Å². The van der Waals surface area contributed by atoms with E-state index in [0.717, 1.165) is 24.9 Å². The third kappa shape index (κ3) is 2.31. The average molecular weight is 179 g/mol. The monoisotopic (exact) mass is 179 g/mol. The molecule has 1 aliphatic carbocycles. The number of aryl methyl sites for hydroxylation is 1. The first-order valence-corrected chi connectivity index (χ1v) is 4.94. The maximum Gasteiger partial charge on any atom is 0.0534 e. The zero-order chi connectivity index (χ0) is 9.26. The lowest BCUT2D eigenvalue weighted by molar-refractivity contribution is 0.611. The predicted molar refractivity (Wildman–Crippen MR) is 52.2 cm³/mol. The molecule has 0 spiro atoms. The summed E-state index contributed by atoms with van der Waals surface area (Å²) < 4.78 is 1.84. The van der Waals surface area contributed by atoms with Gasteiger partial charge in [0.15, 0.2) is 0 Å². The van der Waals surface area contributed by atoms with Crippen LogP contribution in [-0.4, -0.2) is 16.3 Å². The summed E-state index contributed by atoms with van der Waals surface area (Å²) in [4.78, 5) is 0. The summed E-state index contributed by atoms with van der Waals surface area (Å²) in [5, 5.41) is 7.58. The number of aromatic nitrogens is 2. The predicted octanol–water partition coefficient (Wildman–Crippen LogP) is 1.17. The number of nitrogens with one attached hydrogen (secondary N) is 1. The summed E-state index contributed by atoms with van der Waals surface area (Å²) >= 11 is 0. The van der Waals surface area contributed by atoms with Crippen molar-refractivity contribution in [2.75, 3.05) is 6.54 Å². The molecule has 3 nitrogen and oxygen atoms in total. The minimum atomic E-state index is 0.927. The highest BCUT2D eigenvalue weighted by Crippen LogP contribution is 2.36. The Kier molecular flexibility index (Phi) is 2.36. The van der Waals surface area contributed by atoms with Crippen LogP contribution in [0.2, 0.25) is 0 Å². The number of nitrogens with zero attached hydrogens (tertiary/aromatic N) is 2. The molecule has 1 aromatic rings. The Labute approximate surface area is 79.1 Å². The summed E-state index contributed by atoms with van der Waals surface area (Å²) in [5.41, 5.74) is 1.27. The van der Waals surface area contributed by atoms with Crippen LogP contribution in [0.1, 0.15) is 18.9 Å². The second-order valence-corrected chi connectivity index (χ2v) is 4.13. The van der Waals surface area contributed by atoms with Gasteiger partial charge in [-0.05, 0) is 24.8 Å². The quantitative estimate of drug-likeness (QED) is 0.752. The topological polar surface area (TPSA) is 29.9 Å². The molecule has 72 valence electrons. The molecule has 0 radical (unpaired) electrons. The molecule has 2 rings (SSSR count). The van der Waals surface area contributed by atoms with Crippen LogP contribution in [0.5, 0.6) is 0 Å². The van der Waals surface area contributed by atoms with E-state index in [-0.39, 0.29) is 0 Å². The SMILES string of the molecule is CC1CC1CNCc1cnn(C)c1. The molecule has 3 heteroatoms. The Morgan fingerprint density at radius 3 is 3.00 bits per heavy atom. The molecule has 13 heavy (non-hydrogen) atoms. The molecule has 0 bridgehead atoms. The molecule has 1 fully saturated rings. The maximum atomic E-state index is 4.12. The molecule has 1 aromatic heterocycles. The van der Waals surface area contributed by atoms with Crippen molar-refractivity contribution in [2.24, 2.45) is 18.9 Å². The van der Waals surface area contributed by atoms with E-state index < -0.39 is 0 Å². The Morgan fingerprint density at radius 2 is 2.46 bits per heavy atom. The third-order valence-electron chi connectivity index (χ3n) is 2.77. The lowest BCUT2D eigenvalue weighted by Crippen LogP contribution is -2.16. The van der Waals surface area contributed by atoms with Crippen LogP contribution in [-0.2, 0) is 13.6 Å².